The molecule has 1 heterocycles. The zero-order valence-electron chi connectivity index (χ0n) is 9.71. The minimum atomic E-state index is -0.372. The Morgan fingerprint density at radius 2 is 1.75 bits per heavy atom. The SMILES string of the molecule is CCCCNc1c(Cl)c(=O)n(C)n(C)c1=O. The average molecular weight is 246 g/mol. The fraction of sp³-hybridized carbons (Fsp3) is 0.600. The lowest BCUT2D eigenvalue weighted by Gasteiger charge is -2.11. The molecule has 0 aliphatic carbocycles. The van der Waals surface area contributed by atoms with Gasteiger partial charge >= 0.3 is 0 Å². The molecule has 0 atom stereocenters. The van der Waals surface area contributed by atoms with Crippen molar-refractivity contribution in [1.82, 2.24) is 9.36 Å². The number of anilines is 1. The van der Waals surface area contributed by atoms with Gasteiger partial charge in [-0.1, -0.05) is 24.9 Å². The summed E-state index contributed by atoms with van der Waals surface area (Å²) in [7, 11) is 3.04. The van der Waals surface area contributed by atoms with E-state index in [0.29, 0.717) is 6.54 Å². The van der Waals surface area contributed by atoms with Gasteiger partial charge in [0.15, 0.2) is 0 Å². The Morgan fingerprint density at radius 3 is 2.31 bits per heavy atom. The van der Waals surface area contributed by atoms with Crippen molar-refractivity contribution in [3.63, 3.8) is 0 Å². The van der Waals surface area contributed by atoms with Gasteiger partial charge in [-0.3, -0.25) is 9.59 Å². The molecule has 16 heavy (non-hydrogen) atoms. The Morgan fingerprint density at radius 1 is 1.19 bits per heavy atom. The molecule has 1 N–H and O–H groups in total. The molecule has 0 aliphatic rings. The van der Waals surface area contributed by atoms with Gasteiger partial charge in [0, 0.05) is 20.6 Å². The molecular formula is C10H16ClN3O2. The topological polar surface area (TPSA) is 56.0 Å². The molecule has 0 spiro atoms. The Balaban J connectivity index is 3.19. The van der Waals surface area contributed by atoms with Crippen molar-refractivity contribution in [1.29, 1.82) is 0 Å². The van der Waals surface area contributed by atoms with Gasteiger partial charge in [-0.15, -0.1) is 0 Å². The van der Waals surface area contributed by atoms with Crippen LogP contribution in [0.25, 0.3) is 0 Å². The van der Waals surface area contributed by atoms with Crippen LogP contribution in [0, 0.1) is 0 Å². The van der Waals surface area contributed by atoms with E-state index < -0.39 is 0 Å². The van der Waals surface area contributed by atoms with Crippen LogP contribution >= 0.6 is 11.6 Å². The Kier molecular flexibility index (Phi) is 4.18. The molecule has 90 valence electrons. The Labute approximate surface area is 98.6 Å². The van der Waals surface area contributed by atoms with E-state index in [1.807, 2.05) is 6.92 Å². The van der Waals surface area contributed by atoms with Gasteiger partial charge in [-0.25, -0.2) is 9.36 Å². The van der Waals surface area contributed by atoms with Gasteiger partial charge in [-0.05, 0) is 6.42 Å². The molecule has 0 bridgehead atoms. The van der Waals surface area contributed by atoms with Crippen molar-refractivity contribution in [2.24, 2.45) is 14.1 Å². The van der Waals surface area contributed by atoms with E-state index >= 15 is 0 Å². The van der Waals surface area contributed by atoms with E-state index in [4.69, 9.17) is 11.6 Å². The highest BCUT2D eigenvalue weighted by atomic mass is 35.5. The van der Waals surface area contributed by atoms with Gasteiger partial charge in [0.1, 0.15) is 10.7 Å². The summed E-state index contributed by atoms with van der Waals surface area (Å²) >= 11 is 5.85. The highest BCUT2D eigenvalue weighted by molar-refractivity contribution is 6.32. The number of halogens is 1. The molecule has 0 fully saturated rings. The summed E-state index contributed by atoms with van der Waals surface area (Å²) in [6.45, 7) is 2.68. The number of aromatic nitrogens is 2. The summed E-state index contributed by atoms with van der Waals surface area (Å²) in [5.74, 6) is 0. The van der Waals surface area contributed by atoms with Crippen LogP contribution in [0.1, 0.15) is 19.8 Å². The largest absolute Gasteiger partial charge is 0.379 e. The van der Waals surface area contributed by atoms with Crippen molar-refractivity contribution in [3.8, 4) is 0 Å². The first-order valence-corrected chi connectivity index (χ1v) is 5.58. The van der Waals surface area contributed by atoms with Crippen LogP contribution in [0.2, 0.25) is 5.02 Å². The summed E-state index contributed by atoms with van der Waals surface area (Å²) in [6.07, 6.45) is 1.93. The number of unbranched alkanes of at least 4 members (excludes halogenated alkanes) is 1. The number of hydrogen-bond donors (Lipinski definition) is 1. The maximum atomic E-state index is 11.8. The van der Waals surface area contributed by atoms with Crippen LogP contribution in [0.4, 0.5) is 5.69 Å². The first kappa shape index (κ1) is 12.8. The molecular weight excluding hydrogens is 230 g/mol. The van der Waals surface area contributed by atoms with Gasteiger partial charge in [0.05, 0.1) is 0 Å². The van der Waals surface area contributed by atoms with Crippen molar-refractivity contribution < 1.29 is 0 Å². The summed E-state index contributed by atoms with van der Waals surface area (Å²) < 4.78 is 2.43. The van der Waals surface area contributed by atoms with Crippen LogP contribution in [-0.2, 0) is 14.1 Å². The van der Waals surface area contributed by atoms with Crippen molar-refractivity contribution in [3.05, 3.63) is 25.7 Å². The number of rotatable bonds is 4. The molecule has 0 amide bonds. The van der Waals surface area contributed by atoms with Crippen LogP contribution < -0.4 is 16.4 Å². The third-order valence-corrected chi connectivity index (χ3v) is 2.84. The molecule has 0 saturated heterocycles. The lowest BCUT2D eigenvalue weighted by atomic mass is 10.3. The molecule has 0 unspecified atom stereocenters. The molecule has 1 aromatic rings. The molecule has 0 radical (unpaired) electrons. The van der Waals surface area contributed by atoms with Crippen molar-refractivity contribution in [2.75, 3.05) is 11.9 Å². The fourth-order valence-corrected chi connectivity index (χ4v) is 1.59. The molecule has 0 saturated carbocycles. The van der Waals surface area contributed by atoms with Gasteiger partial charge in [-0.2, -0.15) is 0 Å². The summed E-state index contributed by atoms with van der Waals surface area (Å²) in [4.78, 5) is 23.4. The monoisotopic (exact) mass is 245 g/mol. The maximum Gasteiger partial charge on any atom is 0.290 e. The highest BCUT2D eigenvalue weighted by Gasteiger charge is 2.13. The standard InChI is InChI=1S/C10H16ClN3O2/c1-4-5-6-12-8-7(11)9(15)13(2)14(3)10(8)16/h12H,4-6H2,1-3H3. The average Bonchev–Trinajstić information content (AvgIpc) is 2.28. The smallest absolute Gasteiger partial charge is 0.290 e. The summed E-state index contributed by atoms with van der Waals surface area (Å²) in [5.41, 5.74) is -0.466. The normalized spacial score (nSPS) is 10.5. The van der Waals surface area contributed by atoms with Gasteiger partial charge in [0.2, 0.25) is 0 Å². The van der Waals surface area contributed by atoms with E-state index in [1.54, 1.807) is 0 Å². The van der Waals surface area contributed by atoms with Crippen LogP contribution in [-0.4, -0.2) is 15.9 Å². The molecule has 0 aromatic carbocycles. The predicted molar refractivity (Wildman–Crippen MR) is 65.3 cm³/mol. The second-order valence-corrected chi connectivity index (χ2v) is 4.00. The maximum absolute atomic E-state index is 11.8. The molecule has 1 aromatic heterocycles. The van der Waals surface area contributed by atoms with Gasteiger partial charge in [0.25, 0.3) is 11.1 Å². The quantitative estimate of drug-likeness (QED) is 0.804. The minimum Gasteiger partial charge on any atom is -0.379 e. The third kappa shape index (κ3) is 2.29. The number of nitrogens with one attached hydrogen (secondary N) is 1. The van der Waals surface area contributed by atoms with Crippen LogP contribution in [0.15, 0.2) is 9.59 Å². The molecule has 6 heteroatoms. The van der Waals surface area contributed by atoms with E-state index in [9.17, 15) is 9.59 Å². The Bertz CT molecular complexity index is 490. The van der Waals surface area contributed by atoms with E-state index in [-0.39, 0.29) is 21.8 Å². The number of nitrogens with zero attached hydrogens (tertiary/aromatic N) is 2. The lowest BCUT2D eigenvalue weighted by Crippen LogP contribution is -2.37. The van der Waals surface area contributed by atoms with Gasteiger partial charge < -0.3 is 5.32 Å². The first-order valence-electron chi connectivity index (χ1n) is 5.20. The lowest BCUT2D eigenvalue weighted by molar-refractivity contribution is 0.535. The Hall–Kier alpha value is -1.23. The van der Waals surface area contributed by atoms with Crippen LogP contribution in [0.3, 0.4) is 0 Å². The molecule has 5 nitrogen and oxygen atoms in total. The second-order valence-electron chi connectivity index (χ2n) is 3.63. The highest BCUT2D eigenvalue weighted by Crippen LogP contribution is 2.11. The predicted octanol–water partition coefficient (Wildman–Crippen LogP) is 0.949. The molecule has 1 rings (SSSR count). The van der Waals surface area contributed by atoms with E-state index in [2.05, 4.69) is 5.32 Å². The van der Waals surface area contributed by atoms with E-state index in [0.717, 1.165) is 12.8 Å². The summed E-state index contributed by atoms with van der Waals surface area (Å²) in [5, 5.41) is 2.87. The fourth-order valence-electron chi connectivity index (χ4n) is 1.32. The van der Waals surface area contributed by atoms with E-state index in [1.165, 1.54) is 23.5 Å². The van der Waals surface area contributed by atoms with Crippen molar-refractivity contribution in [2.45, 2.75) is 19.8 Å². The second kappa shape index (κ2) is 5.21. The summed E-state index contributed by atoms with van der Waals surface area (Å²) in [6, 6.07) is 0. The van der Waals surface area contributed by atoms with Crippen LogP contribution in [0.5, 0.6) is 0 Å². The molecule has 0 aliphatic heterocycles. The first-order chi connectivity index (χ1) is 7.50. The van der Waals surface area contributed by atoms with Crippen molar-refractivity contribution >= 4 is 17.3 Å². The third-order valence-electron chi connectivity index (χ3n) is 2.49. The number of hydrogen-bond acceptors (Lipinski definition) is 3. The minimum absolute atomic E-state index is 0.0401. The zero-order valence-corrected chi connectivity index (χ0v) is 10.5. The zero-order chi connectivity index (χ0) is 12.3.